The Morgan fingerprint density at radius 1 is 1.40 bits per heavy atom. The molecule has 0 saturated carbocycles. The maximum atomic E-state index is 13.5. The van der Waals surface area contributed by atoms with Crippen molar-refractivity contribution < 1.29 is 27.8 Å². The second-order valence-corrected chi connectivity index (χ2v) is 4.88. The van der Waals surface area contributed by atoms with Crippen molar-refractivity contribution in [2.45, 2.75) is 13.0 Å². The van der Waals surface area contributed by atoms with E-state index >= 15 is 0 Å². The Hall–Kier alpha value is -1.89. The van der Waals surface area contributed by atoms with Crippen LogP contribution in [0.5, 0.6) is 5.75 Å². The summed E-state index contributed by atoms with van der Waals surface area (Å²) in [6, 6.07) is 4.91. The molecular formula is C13H9BrF2O4. The first-order valence-corrected chi connectivity index (χ1v) is 6.32. The van der Waals surface area contributed by atoms with Gasteiger partial charge in [0.05, 0.1) is 0 Å². The summed E-state index contributed by atoms with van der Waals surface area (Å²) in [6.45, 7) is 1.53. The molecule has 7 heteroatoms. The van der Waals surface area contributed by atoms with E-state index in [2.05, 4.69) is 15.9 Å². The van der Waals surface area contributed by atoms with Crippen molar-refractivity contribution in [2.24, 2.45) is 0 Å². The van der Waals surface area contributed by atoms with Gasteiger partial charge in [0.2, 0.25) is 11.6 Å². The molecule has 1 aromatic carbocycles. The van der Waals surface area contributed by atoms with Crippen molar-refractivity contribution in [2.75, 3.05) is 0 Å². The largest absolute Gasteiger partial charge is 0.480 e. The lowest BCUT2D eigenvalue weighted by Crippen LogP contribution is -2.04. The molecule has 1 heterocycles. The second kappa shape index (κ2) is 5.62. The summed E-state index contributed by atoms with van der Waals surface area (Å²) >= 11 is 3.03. The van der Waals surface area contributed by atoms with Gasteiger partial charge in [0.1, 0.15) is 5.76 Å². The second-order valence-electron chi connectivity index (χ2n) is 3.97. The van der Waals surface area contributed by atoms with E-state index in [1.165, 1.54) is 25.1 Å². The molecule has 2 rings (SSSR count). The molecule has 0 aliphatic heterocycles. The zero-order valence-electron chi connectivity index (χ0n) is 10.2. The Kier molecular flexibility index (Phi) is 4.08. The van der Waals surface area contributed by atoms with Crippen LogP contribution >= 0.6 is 15.9 Å². The maximum Gasteiger partial charge on any atom is 0.371 e. The number of carboxylic acid groups (broad SMARTS) is 1. The van der Waals surface area contributed by atoms with E-state index in [1.54, 1.807) is 0 Å². The smallest absolute Gasteiger partial charge is 0.371 e. The number of hydrogen-bond donors (Lipinski definition) is 1. The molecule has 0 saturated heterocycles. The molecule has 1 aromatic heterocycles. The maximum absolute atomic E-state index is 13.5. The average Bonchev–Trinajstić information content (AvgIpc) is 2.85. The molecule has 1 N–H and O–H groups in total. The number of rotatable bonds is 4. The Morgan fingerprint density at radius 3 is 2.70 bits per heavy atom. The predicted octanol–water partition coefficient (Wildman–Crippen LogP) is 4.16. The highest BCUT2D eigenvalue weighted by Gasteiger charge is 2.19. The Bertz CT molecular complexity index is 654. The fourth-order valence-corrected chi connectivity index (χ4v) is 1.96. The van der Waals surface area contributed by atoms with Crippen molar-refractivity contribution >= 4 is 21.9 Å². The fourth-order valence-electron chi connectivity index (χ4n) is 1.55. The number of ether oxygens (including phenoxy) is 1. The minimum Gasteiger partial charge on any atom is -0.480 e. The number of halogens is 3. The van der Waals surface area contributed by atoms with E-state index in [4.69, 9.17) is 14.3 Å². The van der Waals surface area contributed by atoms with Crippen molar-refractivity contribution in [1.29, 1.82) is 0 Å². The minimum atomic E-state index is -1.22. The van der Waals surface area contributed by atoms with Crippen LogP contribution in [0.3, 0.4) is 0 Å². The summed E-state index contributed by atoms with van der Waals surface area (Å²) in [5.74, 6) is -3.74. The van der Waals surface area contributed by atoms with Crippen molar-refractivity contribution in [3.8, 4) is 5.75 Å². The number of carboxylic acids is 1. The Labute approximate surface area is 121 Å². The van der Waals surface area contributed by atoms with E-state index in [9.17, 15) is 13.6 Å². The highest BCUT2D eigenvalue weighted by molar-refractivity contribution is 9.10. The van der Waals surface area contributed by atoms with Gasteiger partial charge in [-0.2, -0.15) is 4.39 Å². The summed E-state index contributed by atoms with van der Waals surface area (Å²) in [7, 11) is 0. The van der Waals surface area contributed by atoms with Crippen molar-refractivity contribution in [3.05, 3.63) is 51.9 Å². The van der Waals surface area contributed by atoms with Gasteiger partial charge in [-0.1, -0.05) is 15.9 Å². The molecule has 0 spiro atoms. The topological polar surface area (TPSA) is 59.7 Å². The quantitative estimate of drug-likeness (QED) is 0.844. The first-order valence-electron chi connectivity index (χ1n) is 5.52. The van der Waals surface area contributed by atoms with Gasteiger partial charge >= 0.3 is 5.97 Å². The number of furan rings is 1. The van der Waals surface area contributed by atoms with E-state index in [0.717, 1.165) is 6.07 Å². The molecule has 0 aliphatic rings. The Balaban J connectivity index is 2.23. The fraction of sp³-hybridized carbons (Fsp3) is 0.154. The van der Waals surface area contributed by atoms with Crippen LogP contribution in [-0.2, 0) is 0 Å². The van der Waals surface area contributed by atoms with Gasteiger partial charge in [-0.25, -0.2) is 9.18 Å². The molecule has 1 unspecified atom stereocenters. The third kappa shape index (κ3) is 2.98. The molecule has 0 fully saturated rings. The van der Waals surface area contributed by atoms with Crippen molar-refractivity contribution in [1.82, 2.24) is 0 Å². The van der Waals surface area contributed by atoms with E-state index in [-0.39, 0.29) is 17.3 Å². The number of aromatic carboxylic acids is 1. The molecule has 20 heavy (non-hydrogen) atoms. The van der Waals surface area contributed by atoms with Crippen LogP contribution in [-0.4, -0.2) is 11.1 Å². The third-order valence-corrected chi connectivity index (χ3v) is 2.96. The van der Waals surface area contributed by atoms with E-state index in [0.29, 0.717) is 4.47 Å². The number of benzene rings is 1. The summed E-state index contributed by atoms with van der Waals surface area (Å²) in [5, 5.41) is 8.74. The summed E-state index contributed by atoms with van der Waals surface area (Å²) in [5.41, 5.74) is 0. The molecule has 0 bridgehead atoms. The van der Waals surface area contributed by atoms with Crippen LogP contribution in [0, 0.1) is 11.6 Å². The lowest BCUT2D eigenvalue weighted by atomic mass is 10.3. The van der Waals surface area contributed by atoms with Crippen LogP contribution < -0.4 is 4.74 Å². The average molecular weight is 347 g/mol. The summed E-state index contributed by atoms with van der Waals surface area (Å²) in [4.78, 5) is 10.7. The standard InChI is InChI=1S/C13H9BrF2O4/c1-6(9-2-3-10(20-9)13(17)18)19-11-5-7(14)4-8(15)12(11)16/h2-6H,1H3,(H,17,18). The lowest BCUT2D eigenvalue weighted by Gasteiger charge is -2.13. The van der Waals surface area contributed by atoms with Crippen molar-refractivity contribution in [3.63, 3.8) is 0 Å². The highest BCUT2D eigenvalue weighted by Crippen LogP contribution is 2.30. The minimum absolute atomic E-state index is 0.196. The highest BCUT2D eigenvalue weighted by atomic mass is 79.9. The van der Waals surface area contributed by atoms with Gasteiger partial charge < -0.3 is 14.3 Å². The number of carbonyl (C=O) groups is 1. The molecule has 106 valence electrons. The molecular weight excluding hydrogens is 338 g/mol. The van der Waals surface area contributed by atoms with E-state index in [1.807, 2.05) is 0 Å². The van der Waals surface area contributed by atoms with E-state index < -0.39 is 23.7 Å². The van der Waals surface area contributed by atoms with Crippen LogP contribution in [0.15, 0.2) is 33.2 Å². The zero-order chi connectivity index (χ0) is 14.9. The molecule has 4 nitrogen and oxygen atoms in total. The first kappa shape index (κ1) is 14.5. The van der Waals surface area contributed by atoms with Gasteiger partial charge in [-0.05, 0) is 31.2 Å². The van der Waals surface area contributed by atoms with Gasteiger partial charge in [-0.15, -0.1) is 0 Å². The molecule has 0 amide bonds. The van der Waals surface area contributed by atoms with Gasteiger partial charge in [-0.3, -0.25) is 0 Å². The molecule has 2 aromatic rings. The van der Waals surface area contributed by atoms with Crippen LogP contribution in [0.1, 0.15) is 29.3 Å². The lowest BCUT2D eigenvalue weighted by molar-refractivity contribution is 0.0655. The molecule has 0 aliphatic carbocycles. The number of hydrogen-bond acceptors (Lipinski definition) is 3. The molecule has 0 radical (unpaired) electrons. The van der Waals surface area contributed by atoms with Crippen LogP contribution in [0.4, 0.5) is 8.78 Å². The summed E-state index contributed by atoms with van der Waals surface area (Å²) < 4.78 is 37.4. The third-order valence-electron chi connectivity index (χ3n) is 2.50. The first-order chi connectivity index (χ1) is 9.38. The predicted molar refractivity (Wildman–Crippen MR) is 68.8 cm³/mol. The van der Waals surface area contributed by atoms with Crippen LogP contribution in [0.2, 0.25) is 0 Å². The van der Waals surface area contributed by atoms with Gasteiger partial charge in [0.15, 0.2) is 17.7 Å². The van der Waals surface area contributed by atoms with Gasteiger partial charge in [0.25, 0.3) is 0 Å². The Morgan fingerprint density at radius 2 is 2.10 bits per heavy atom. The molecule has 1 atom stereocenters. The summed E-state index contributed by atoms with van der Waals surface area (Å²) in [6.07, 6.45) is -0.772. The van der Waals surface area contributed by atoms with Gasteiger partial charge in [0, 0.05) is 4.47 Å². The normalized spacial score (nSPS) is 12.2. The van der Waals surface area contributed by atoms with Crippen LogP contribution in [0.25, 0.3) is 0 Å². The monoisotopic (exact) mass is 346 g/mol. The zero-order valence-corrected chi connectivity index (χ0v) is 11.8. The SMILES string of the molecule is CC(Oc1cc(Br)cc(F)c1F)c1ccc(C(=O)O)o1.